The van der Waals surface area contributed by atoms with E-state index in [1.807, 2.05) is 13.0 Å². The van der Waals surface area contributed by atoms with Crippen molar-refractivity contribution in [1.29, 1.82) is 0 Å². The van der Waals surface area contributed by atoms with Gasteiger partial charge in [0.05, 0.1) is 12.2 Å². The predicted molar refractivity (Wildman–Crippen MR) is 72.8 cm³/mol. The van der Waals surface area contributed by atoms with Crippen molar-refractivity contribution < 1.29 is 9.18 Å². The number of hydrogen-bond donors (Lipinski definition) is 3. The summed E-state index contributed by atoms with van der Waals surface area (Å²) in [6, 6.07) is -0.369. The van der Waals surface area contributed by atoms with Gasteiger partial charge < -0.3 is 10.7 Å². The zero-order valence-electron chi connectivity index (χ0n) is 11.4. The van der Waals surface area contributed by atoms with E-state index in [9.17, 15) is 9.18 Å². The number of halogens is 1. The van der Waals surface area contributed by atoms with Crippen molar-refractivity contribution >= 4 is 12.1 Å². The molecule has 0 unspecified atom stereocenters. The van der Waals surface area contributed by atoms with Crippen LogP contribution in [0, 0.1) is 0 Å². The Morgan fingerprint density at radius 2 is 2.21 bits per heavy atom. The minimum Gasteiger partial charge on any atom is -0.345 e. The summed E-state index contributed by atoms with van der Waals surface area (Å²) in [5, 5.41) is 8.12. The molecule has 6 nitrogen and oxygen atoms in total. The van der Waals surface area contributed by atoms with Gasteiger partial charge in [0, 0.05) is 26.7 Å². The Bertz CT molecular complexity index is 394. The maximum absolute atomic E-state index is 12.7. The van der Waals surface area contributed by atoms with Crippen molar-refractivity contribution in [2.45, 2.75) is 25.6 Å². The number of hydrazine groups is 1. The number of nitrogens with one attached hydrogen (secondary N) is 3. The molecule has 1 rings (SSSR count). The predicted octanol–water partition coefficient (Wildman–Crippen LogP) is 0.272. The number of alkyl halides is 1. The number of allylic oxidation sites excluding steroid dienone is 2. The quantitative estimate of drug-likeness (QED) is 0.352. The molecule has 1 aliphatic rings. The van der Waals surface area contributed by atoms with E-state index in [0.29, 0.717) is 6.42 Å². The second-order valence-corrected chi connectivity index (χ2v) is 4.11. The molecule has 0 radical (unpaired) electrons. The van der Waals surface area contributed by atoms with Gasteiger partial charge in [0.15, 0.2) is 0 Å². The molecule has 19 heavy (non-hydrogen) atoms. The van der Waals surface area contributed by atoms with E-state index in [4.69, 9.17) is 0 Å². The normalized spacial score (nSPS) is 22.8. The zero-order valence-corrected chi connectivity index (χ0v) is 11.4. The van der Waals surface area contributed by atoms with Gasteiger partial charge in [0.25, 0.3) is 5.91 Å². The number of rotatable bonds is 7. The maximum atomic E-state index is 12.7. The van der Waals surface area contributed by atoms with E-state index < -0.39 is 6.17 Å². The summed E-state index contributed by atoms with van der Waals surface area (Å²) >= 11 is 0. The van der Waals surface area contributed by atoms with E-state index in [1.54, 1.807) is 26.4 Å². The Kier molecular flexibility index (Phi) is 6.01. The molecule has 7 heteroatoms. The van der Waals surface area contributed by atoms with Crippen LogP contribution in [0.2, 0.25) is 0 Å². The van der Waals surface area contributed by atoms with Crippen LogP contribution in [0.25, 0.3) is 0 Å². The highest BCUT2D eigenvalue weighted by Crippen LogP contribution is 2.24. The molecule has 0 aromatic carbocycles. The van der Waals surface area contributed by atoms with Crippen LogP contribution in [0.15, 0.2) is 29.2 Å². The van der Waals surface area contributed by atoms with Gasteiger partial charge in [-0.3, -0.25) is 9.80 Å². The molecule has 0 heterocycles. The van der Waals surface area contributed by atoms with Crippen molar-refractivity contribution in [2.75, 3.05) is 14.1 Å². The molecule has 2 atom stereocenters. The van der Waals surface area contributed by atoms with Crippen molar-refractivity contribution in [3.63, 3.8) is 0 Å². The van der Waals surface area contributed by atoms with E-state index >= 15 is 0 Å². The van der Waals surface area contributed by atoms with Crippen LogP contribution in [0.3, 0.4) is 0 Å². The molecule has 0 aliphatic heterocycles. The summed E-state index contributed by atoms with van der Waals surface area (Å²) in [5.74, 6) is -0.368. The minimum absolute atomic E-state index is 0.265. The standard InChI is InChI=1S/C12H20FN5O/c1-4-5-6-15-18(3)8-11(17-14-2)12(19)16-10-7-9(10)13/h4-6,8-10,14,17H,7H2,1-3H3,(H,16,19)/b5-4-,11-8-,15-6-/t9-,10+/m0/s1. The third-order valence-corrected chi connectivity index (χ3v) is 2.38. The second kappa shape index (κ2) is 7.52. The van der Waals surface area contributed by atoms with Crippen LogP contribution in [0.1, 0.15) is 13.3 Å². The minimum atomic E-state index is -0.926. The molecule has 3 N–H and O–H groups in total. The molecule has 0 saturated heterocycles. The van der Waals surface area contributed by atoms with E-state index in [-0.39, 0.29) is 17.6 Å². The number of amides is 1. The number of hydrazone groups is 1. The molecule has 106 valence electrons. The summed E-state index contributed by atoms with van der Waals surface area (Å²) in [7, 11) is 3.33. The molecule has 0 spiro atoms. The Labute approximate surface area is 112 Å². The number of hydrogen-bond acceptors (Lipinski definition) is 5. The van der Waals surface area contributed by atoms with Crippen molar-refractivity contribution in [1.82, 2.24) is 21.2 Å². The van der Waals surface area contributed by atoms with Gasteiger partial charge in [-0.2, -0.15) is 5.10 Å². The molecular weight excluding hydrogens is 249 g/mol. The highest BCUT2D eigenvalue weighted by molar-refractivity contribution is 5.93. The summed E-state index contributed by atoms with van der Waals surface area (Å²) < 4.78 is 12.7. The third-order valence-electron chi connectivity index (χ3n) is 2.38. The van der Waals surface area contributed by atoms with Gasteiger partial charge >= 0.3 is 0 Å². The highest BCUT2D eigenvalue weighted by Gasteiger charge is 2.39. The molecule has 1 aliphatic carbocycles. The van der Waals surface area contributed by atoms with Gasteiger partial charge in [0.1, 0.15) is 11.9 Å². The fraction of sp³-hybridized carbons (Fsp3) is 0.500. The van der Waals surface area contributed by atoms with Crippen LogP contribution in [-0.2, 0) is 4.79 Å². The van der Waals surface area contributed by atoms with Crippen molar-refractivity contribution in [2.24, 2.45) is 5.10 Å². The number of nitrogens with zero attached hydrogens (tertiary/aromatic N) is 2. The lowest BCUT2D eigenvalue weighted by molar-refractivity contribution is -0.118. The van der Waals surface area contributed by atoms with Gasteiger partial charge in [-0.1, -0.05) is 6.08 Å². The van der Waals surface area contributed by atoms with Crippen LogP contribution >= 0.6 is 0 Å². The van der Waals surface area contributed by atoms with Crippen LogP contribution in [0.5, 0.6) is 0 Å². The number of carbonyl (C=O) groups excluding carboxylic acids is 1. The topological polar surface area (TPSA) is 68.8 Å². The monoisotopic (exact) mass is 269 g/mol. The molecule has 0 bridgehead atoms. The third kappa shape index (κ3) is 5.52. The number of carbonyl (C=O) groups is 1. The highest BCUT2D eigenvalue weighted by atomic mass is 19.1. The Morgan fingerprint density at radius 3 is 2.74 bits per heavy atom. The van der Waals surface area contributed by atoms with Crippen LogP contribution in [0.4, 0.5) is 4.39 Å². The van der Waals surface area contributed by atoms with Gasteiger partial charge in [0.2, 0.25) is 0 Å². The summed E-state index contributed by atoms with van der Waals surface area (Å²) in [4.78, 5) is 11.9. The summed E-state index contributed by atoms with van der Waals surface area (Å²) in [6.07, 6.45) is 6.19. The summed E-state index contributed by atoms with van der Waals surface area (Å²) in [5.41, 5.74) is 5.62. The maximum Gasteiger partial charge on any atom is 0.270 e. The lowest BCUT2D eigenvalue weighted by atomic mass is 10.4. The second-order valence-electron chi connectivity index (χ2n) is 4.11. The fourth-order valence-corrected chi connectivity index (χ4v) is 1.29. The molecule has 1 fully saturated rings. The summed E-state index contributed by atoms with van der Waals surface area (Å²) in [6.45, 7) is 1.88. The molecule has 0 aromatic rings. The van der Waals surface area contributed by atoms with Crippen LogP contribution in [-0.4, -0.2) is 43.4 Å². The van der Waals surface area contributed by atoms with Gasteiger partial charge in [-0.05, 0) is 13.0 Å². The first-order valence-electron chi connectivity index (χ1n) is 6.06. The molecule has 1 amide bonds. The van der Waals surface area contributed by atoms with Gasteiger partial charge in [-0.25, -0.2) is 9.82 Å². The van der Waals surface area contributed by atoms with Crippen molar-refractivity contribution in [3.05, 3.63) is 24.0 Å². The smallest absolute Gasteiger partial charge is 0.270 e. The first-order valence-corrected chi connectivity index (χ1v) is 6.06. The molecule has 1 saturated carbocycles. The molecular formula is C12H20FN5O. The Hall–Kier alpha value is -1.89. The average Bonchev–Trinajstić information content (AvgIpc) is 3.04. The van der Waals surface area contributed by atoms with Crippen LogP contribution < -0.4 is 16.2 Å². The van der Waals surface area contributed by atoms with E-state index in [1.165, 1.54) is 11.2 Å². The first-order chi connectivity index (χ1) is 9.08. The lowest BCUT2D eigenvalue weighted by Crippen LogP contribution is -2.39. The fourth-order valence-electron chi connectivity index (χ4n) is 1.29. The lowest BCUT2D eigenvalue weighted by Gasteiger charge is -2.13. The Morgan fingerprint density at radius 1 is 1.53 bits per heavy atom. The van der Waals surface area contributed by atoms with E-state index in [2.05, 4.69) is 21.3 Å². The van der Waals surface area contributed by atoms with Crippen molar-refractivity contribution in [3.8, 4) is 0 Å². The largest absolute Gasteiger partial charge is 0.345 e. The average molecular weight is 269 g/mol. The van der Waals surface area contributed by atoms with E-state index in [0.717, 1.165) is 0 Å². The first kappa shape index (κ1) is 15.2. The Balaban J connectivity index is 2.60. The van der Waals surface area contributed by atoms with Gasteiger partial charge in [-0.15, -0.1) is 0 Å². The zero-order chi connectivity index (χ0) is 14.3. The SMILES string of the molecule is C/C=C\C=N/N(C)/C=C(\NNC)C(=O)N[C@@H]1C[C@@H]1F. The molecule has 0 aromatic heterocycles.